The summed E-state index contributed by atoms with van der Waals surface area (Å²) in [6.45, 7) is 0. The van der Waals surface area contributed by atoms with Crippen LogP contribution in [0.4, 0.5) is 0 Å². The SMILES string of the molecule is COc1cc(I)cc2sc(SC)cc12. The summed E-state index contributed by atoms with van der Waals surface area (Å²) in [5.74, 6) is 0.975. The third-order valence-corrected chi connectivity index (χ3v) is 4.73. The van der Waals surface area contributed by atoms with Gasteiger partial charge in [0.25, 0.3) is 0 Å². The number of hydrogen-bond acceptors (Lipinski definition) is 3. The van der Waals surface area contributed by atoms with Crippen LogP contribution in [0, 0.1) is 3.57 Å². The first kappa shape index (κ1) is 10.6. The van der Waals surface area contributed by atoms with Gasteiger partial charge in [0.1, 0.15) is 5.75 Å². The average Bonchev–Trinajstić information content (AvgIpc) is 2.59. The van der Waals surface area contributed by atoms with Gasteiger partial charge in [-0.3, -0.25) is 0 Å². The number of rotatable bonds is 2. The highest BCUT2D eigenvalue weighted by atomic mass is 127. The van der Waals surface area contributed by atoms with Gasteiger partial charge in [-0.05, 0) is 47.0 Å². The first-order chi connectivity index (χ1) is 6.74. The molecule has 14 heavy (non-hydrogen) atoms. The van der Waals surface area contributed by atoms with Crippen LogP contribution in [0.5, 0.6) is 5.75 Å². The number of methoxy groups -OCH3 is 1. The monoisotopic (exact) mass is 336 g/mol. The largest absolute Gasteiger partial charge is 0.496 e. The Balaban J connectivity index is 2.71. The fraction of sp³-hybridized carbons (Fsp3) is 0.200. The van der Waals surface area contributed by atoms with Gasteiger partial charge in [0.2, 0.25) is 0 Å². The molecule has 1 aromatic carbocycles. The first-order valence-corrected chi connectivity index (χ1v) is 7.17. The van der Waals surface area contributed by atoms with Crippen LogP contribution in [-0.2, 0) is 0 Å². The summed E-state index contributed by atoms with van der Waals surface area (Å²) in [4.78, 5) is 0. The second kappa shape index (κ2) is 4.28. The van der Waals surface area contributed by atoms with Gasteiger partial charge in [0.05, 0.1) is 11.3 Å². The number of benzene rings is 1. The van der Waals surface area contributed by atoms with Gasteiger partial charge in [-0.25, -0.2) is 0 Å². The lowest BCUT2D eigenvalue weighted by molar-refractivity contribution is 0.419. The van der Waals surface area contributed by atoms with Crippen LogP contribution < -0.4 is 4.74 Å². The van der Waals surface area contributed by atoms with Crippen molar-refractivity contribution in [1.29, 1.82) is 0 Å². The minimum absolute atomic E-state index is 0.975. The number of thioether (sulfide) groups is 1. The predicted molar refractivity (Wildman–Crippen MR) is 72.9 cm³/mol. The van der Waals surface area contributed by atoms with Crippen molar-refractivity contribution in [2.24, 2.45) is 0 Å². The van der Waals surface area contributed by atoms with Crippen LogP contribution in [0.2, 0.25) is 0 Å². The van der Waals surface area contributed by atoms with E-state index in [-0.39, 0.29) is 0 Å². The van der Waals surface area contributed by atoms with Crippen molar-refractivity contribution in [3.8, 4) is 5.75 Å². The van der Waals surface area contributed by atoms with Crippen molar-refractivity contribution in [3.63, 3.8) is 0 Å². The molecule has 0 aliphatic carbocycles. The van der Waals surface area contributed by atoms with Crippen LogP contribution in [0.25, 0.3) is 10.1 Å². The minimum Gasteiger partial charge on any atom is -0.496 e. The van der Waals surface area contributed by atoms with Crippen LogP contribution in [0.15, 0.2) is 22.4 Å². The van der Waals surface area contributed by atoms with Crippen LogP contribution >= 0.6 is 45.7 Å². The Morgan fingerprint density at radius 3 is 2.79 bits per heavy atom. The second-order valence-corrected chi connectivity index (χ2v) is 6.23. The standard InChI is InChI=1S/C10H9IOS2/c1-12-8-3-6(11)4-9-7(8)5-10(13-2)14-9/h3-5H,1-2H3. The summed E-state index contributed by atoms with van der Waals surface area (Å²) in [5.41, 5.74) is 0. The maximum Gasteiger partial charge on any atom is 0.128 e. The Kier molecular flexibility index (Phi) is 3.23. The fourth-order valence-electron chi connectivity index (χ4n) is 1.32. The third-order valence-electron chi connectivity index (χ3n) is 1.96. The molecule has 0 saturated carbocycles. The van der Waals surface area contributed by atoms with E-state index >= 15 is 0 Å². The molecule has 74 valence electrons. The molecule has 1 heterocycles. The molecule has 0 aliphatic rings. The van der Waals surface area contributed by atoms with Gasteiger partial charge in [-0.15, -0.1) is 23.1 Å². The summed E-state index contributed by atoms with van der Waals surface area (Å²) in [5, 5.41) is 1.22. The summed E-state index contributed by atoms with van der Waals surface area (Å²) in [7, 11) is 1.72. The Morgan fingerprint density at radius 1 is 1.36 bits per heavy atom. The molecule has 0 radical (unpaired) electrons. The van der Waals surface area contributed by atoms with E-state index in [1.54, 1.807) is 18.9 Å². The Morgan fingerprint density at radius 2 is 2.14 bits per heavy atom. The van der Waals surface area contributed by atoms with E-state index in [0.29, 0.717) is 0 Å². The number of hydrogen-bond donors (Lipinski definition) is 0. The molecule has 0 spiro atoms. The topological polar surface area (TPSA) is 9.23 Å². The highest BCUT2D eigenvalue weighted by Gasteiger charge is 2.07. The molecule has 0 bridgehead atoms. The molecule has 2 aromatic rings. The van der Waals surface area contributed by atoms with Crippen molar-refractivity contribution in [1.82, 2.24) is 0 Å². The number of ether oxygens (including phenoxy) is 1. The average molecular weight is 336 g/mol. The molecule has 0 atom stereocenters. The highest BCUT2D eigenvalue weighted by molar-refractivity contribution is 14.1. The molecular formula is C10H9IOS2. The molecule has 0 aliphatic heterocycles. The maximum atomic E-state index is 5.36. The molecule has 0 fully saturated rings. The van der Waals surface area contributed by atoms with E-state index in [9.17, 15) is 0 Å². The van der Waals surface area contributed by atoms with Crippen LogP contribution in [0.3, 0.4) is 0 Å². The lowest BCUT2D eigenvalue weighted by atomic mass is 10.2. The molecule has 0 amide bonds. The van der Waals surface area contributed by atoms with Gasteiger partial charge in [-0.1, -0.05) is 0 Å². The van der Waals surface area contributed by atoms with Gasteiger partial charge >= 0.3 is 0 Å². The molecule has 2 rings (SSSR count). The summed E-state index contributed by atoms with van der Waals surface area (Å²) >= 11 is 5.92. The zero-order valence-electron chi connectivity index (χ0n) is 7.83. The zero-order chi connectivity index (χ0) is 10.1. The molecule has 4 heteroatoms. The van der Waals surface area contributed by atoms with Gasteiger partial charge < -0.3 is 4.74 Å². The van der Waals surface area contributed by atoms with Crippen molar-refractivity contribution in [3.05, 3.63) is 21.8 Å². The predicted octanol–water partition coefficient (Wildman–Crippen LogP) is 4.24. The van der Waals surface area contributed by atoms with Gasteiger partial charge in [0, 0.05) is 13.7 Å². The quantitative estimate of drug-likeness (QED) is 0.599. The normalized spacial score (nSPS) is 10.8. The number of halogens is 1. The Labute approximate surface area is 105 Å². The van der Waals surface area contributed by atoms with E-state index in [0.717, 1.165) is 5.75 Å². The van der Waals surface area contributed by atoms with Crippen molar-refractivity contribution >= 4 is 55.8 Å². The molecule has 1 nitrogen and oxygen atoms in total. The summed E-state index contributed by atoms with van der Waals surface area (Å²) < 4.78 is 9.22. The van der Waals surface area contributed by atoms with E-state index in [1.165, 1.54) is 17.9 Å². The zero-order valence-corrected chi connectivity index (χ0v) is 11.6. The Bertz CT molecular complexity index is 464. The van der Waals surface area contributed by atoms with E-state index in [4.69, 9.17) is 4.74 Å². The summed E-state index contributed by atoms with van der Waals surface area (Å²) in [6.07, 6.45) is 2.10. The van der Waals surface area contributed by atoms with Crippen molar-refractivity contribution in [2.45, 2.75) is 4.21 Å². The first-order valence-electron chi connectivity index (χ1n) is 4.05. The molecule has 0 N–H and O–H groups in total. The van der Waals surface area contributed by atoms with Gasteiger partial charge in [0.15, 0.2) is 0 Å². The summed E-state index contributed by atoms with van der Waals surface area (Å²) in [6, 6.07) is 6.46. The van der Waals surface area contributed by atoms with Crippen LogP contribution in [-0.4, -0.2) is 13.4 Å². The Hall–Kier alpha value is 0.0600. The lowest BCUT2D eigenvalue weighted by Gasteiger charge is -2.01. The van der Waals surface area contributed by atoms with Crippen molar-refractivity contribution < 1.29 is 4.74 Å². The smallest absolute Gasteiger partial charge is 0.128 e. The fourth-order valence-corrected chi connectivity index (χ4v) is 3.81. The van der Waals surface area contributed by atoms with E-state index < -0.39 is 0 Å². The number of fused-ring (bicyclic) bond motifs is 1. The van der Waals surface area contributed by atoms with E-state index in [2.05, 4.69) is 47.0 Å². The minimum atomic E-state index is 0.975. The molecule has 1 aromatic heterocycles. The second-order valence-electron chi connectivity index (χ2n) is 2.79. The van der Waals surface area contributed by atoms with Crippen molar-refractivity contribution in [2.75, 3.05) is 13.4 Å². The van der Waals surface area contributed by atoms with Crippen LogP contribution in [0.1, 0.15) is 0 Å². The molecule has 0 saturated heterocycles. The third kappa shape index (κ3) is 1.87. The lowest BCUT2D eigenvalue weighted by Crippen LogP contribution is -1.83. The molecule has 0 unspecified atom stereocenters. The maximum absolute atomic E-state index is 5.36. The highest BCUT2D eigenvalue weighted by Crippen LogP contribution is 2.37. The van der Waals surface area contributed by atoms with Gasteiger partial charge in [-0.2, -0.15) is 0 Å². The molecular weight excluding hydrogens is 327 g/mol. The number of thiophene rings is 1. The van der Waals surface area contributed by atoms with E-state index in [1.807, 2.05) is 11.3 Å².